The summed E-state index contributed by atoms with van der Waals surface area (Å²) in [5.74, 6) is 0.338. The molecule has 5 nitrogen and oxygen atoms in total. The van der Waals surface area contributed by atoms with Gasteiger partial charge in [0, 0.05) is 17.6 Å². The molecule has 2 atom stereocenters. The van der Waals surface area contributed by atoms with Crippen molar-refractivity contribution in [2.45, 2.75) is 44.8 Å². The lowest BCUT2D eigenvalue weighted by Crippen LogP contribution is -2.34. The molecule has 0 bridgehead atoms. The summed E-state index contributed by atoms with van der Waals surface area (Å²) in [6.07, 6.45) is 3.38. The number of carbonyl (C=O) groups is 1. The first-order valence-corrected chi connectivity index (χ1v) is 10.5. The van der Waals surface area contributed by atoms with E-state index in [2.05, 4.69) is 11.4 Å². The van der Waals surface area contributed by atoms with Crippen LogP contribution in [0.3, 0.4) is 0 Å². The highest BCUT2D eigenvalue weighted by Crippen LogP contribution is 2.26. The van der Waals surface area contributed by atoms with Crippen molar-refractivity contribution in [3.8, 4) is 5.75 Å². The van der Waals surface area contributed by atoms with Crippen molar-refractivity contribution in [3.63, 3.8) is 0 Å². The van der Waals surface area contributed by atoms with Gasteiger partial charge >= 0.3 is 5.97 Å². The van der Waals surface area contributed by atoms with Gasteiger partial charge in [0.15, 0.2) is 6.61 Å². The molecule has 0 spiro atoms. The van der Waals surface area contributed by atoms with Crippen molar-refractivity contribution in [2.75, 3.05) is 19.8 Å². The molecule has 3 rings (SSSR count). The molecule has 7 heteroatoms. The topological polar surface area (TPSA) is 67.8 Å². The number of rotatable bonds is 8. The van der Waals surface area contributed by atoms with E-state index >= 15 is 0 Å². The highest BCUT2D eigenvalue weighted by Gasteiger charge is 2.19. The van der Waals surface area contributed by atoms with Crippen LogP contribution in [0, 0.1) is 0 Å². The van der Waals surface area contributed by atoms with Crippen molar-refractivity contribution >= 4 is 30.0 Å². The maximum atomic E-state index is 11.5. The number of aliphatic hydroxyl groups is 1. The molecular formula is C23H29Cl2NO4. The van der Waals surface area contributed by atoms with Gasteiger partial charge in [0.25, 0.3) is 0 Å². The molecule has 0 amide bonds. The number of fused-ring (bicyclic) bond motifs is 1. The highest BCUT2D eigenvalue weighted by atomic mass is 35.5. The lowest BCUT2D eigenvalue weighted by atomic mass is 10.0. The minimum Gasteiger partial charge on any atom is -0.482 e. The van der Waals surface area contributed by atoms with Crippen LogP contribution in [-0.4, -0.2) is 36.9 Å². The monoisotopic (exact) mass is 453 g/mol. The Bertz CT molecular complexity index is 831. The number of aryl methyl sites for hydroxylation is 1. The molecule has 2 aromatic carbocycles. The van der Waals surface area contributed by atoms with Gasteiger partial charge in [-0.15, -0.1) is 12.4 Å². The second kappa shape index (κ2) is 12.2. The summed E-state index contributed by atoms with van der Waals surface area (Å²) in [7, 11) is 0. The number of ether oxygens (including phenoxy) is 2. The molecule has 1 aliphatic carbocycles. The predicted octanol–water partition coefficient (Wildman–Crippen LogP) is 4.27. The van der Waals surface area contributed by atoms with Crippen molar-refractivity contribution in [1.29, 1.82) is 0 Å². The SMILES string of the molecule is CCOC(=O)COc1ccc2c(c1)CCC[C@H](NC[C@H](O)c1cccc(Cl)c1)C2.Cl. The molecule has 2 aromatic rings. The number of aliphatic hydroxyl groups excluding tert-OH is 1. The van der Waals surface area contributed by atoms with Crippen LogP contribution in [0.5, 0.6) is 5.75 Å². The molecule has 30 heavy (non-hydrogen) atoms. The molecule has 0 aliphatic heterocycles. The first-order chi connectivity index (χ1) is 14.0. The van der Waals surface area contributed by atoms with Gasteiger partial charge in [0.1, 0.15) is 5.75 Å². The molecule has 1 aliphatic rings. The summed E-state index contributed by atoms with van der Waals surface area (Å²) in [5, 5.41) is 14.6. The van der Waals surface area contributed by atoms with E-state index in [-0.39, 0.29) is 25.0 Å². The second-order valence-corrected chi connectivity index (χ2v) is 7.73. The lowest BCUT2D eigenvalue weighted by molar-refractivity contribution is -0.145. The van der Waals surface area contributed by atoms with E-state index in [9.17, 15) is 9.90 Å². The molecule has 0 unspecified atom stereocenters. The molecular weight excluding hydrogens is 425 g/mol. The number of hydrogen-bond donors (Lipinski definition) is 2. The summed E-state index contributed by atoms with van der Waals surface area (Å²) in [5.41, 5.74) is 3.36. The maximum absolute atomic E-state index is 11.5. The standard InChI is InChI=1S/C23H28ClNO4.ClH/c1-2-28-23(27)15-29-21-10-9-17-12-20(8-4-5-16(17)13-21)25-14-22(26)18-6-3-7-19(24)11-18;/h3,6-7,9-11,13,20,22,25-26H,2,4-5,8,12,14-15H2,1H3;1H/t20-,22-;/m0./s1. The van der Waals surface area contributed by atoms with Gasteiger partial charge in [0.2, 0.25) is 0 Å². The van der Waals surface area contributed by atoms with Crippen LogP contribution in [-0.2, 0) is 22.4 Å². The lowest BCUT2D eigenvalue weighted by Gasteiger charge is -2.20. The quantitative estimate of drug-likeness (QED) is 0.461. The fourth-order valence-electron chi connectivity index (χ4n) is 3.66. The number of esters is 1. The van der Waals surface area contributed by atoms with Crippen molar-refractivity contribution in [3.05, 3.63) is 64.2 Å². The molecule has 0 saturated heterocycles. The normalized spacial score (nSPS) is 16.6. The van der Waals surface area contributed by atoms with Gasteiger partial charge < -0.3 is 19.9 Å². The Labute approximate surface area is 189 Å². The minimum absolute atomic E-state index is 0. The fourth-order valence-corrected chi connectivity index (χ4v) is 3.86. The van der Waals surface area contributed by atoms with Gasteiger partial charge in [0.05, 0.1) is 12.7 Å². The third-order valence-corrected chi connectivity index (χ3v) is 5.37. The Balaban J connectivity index is 0.00000320. The van der Waals surface area contributed by atoms with Gasteiger partial charge in [-0.3, -0.25) is 0 Å². The number of nitrogens with one attached hydrogen (secondary N) is 1. The second-order valence-electron chi connectivity index (χ2n) is 7.30. The molecule has 0 radical (unpaired) electrons. The summed E-state index contributed by atoms with van der Waals surface area (Å²) < 4.78 is 10.5. The summed E-state index contributed by atoms with van der Waals surface area (Å²) in [6.45, 7) is 2.55. The maximum Gasteiger partial charge on any atom is 0.344 e. The number of halogens is 2. The predicted molar refractivity (Wildman–Crippen MR) is 121 cm³/mol. The smallest absolute Gasteiger partial charge is 0.344 e. The first kappa shape index (κ1) is 24.5. The van der Waals surface area contributed by atoms with E-state index < -0.39 is 6.10 Å². The number of carbonyl (C=O) groups excluding carboxylic acids is 1. The highest BCUT2D eigenvalue weighted by molar-refractivity contribution is 6.30. The van der Waals surface area contributed by atoms with Gasteiger partial charge in [-0.25, -0.2) is 4.79 Å². The molecule has 0 heterocycles. The third-order valence-electron chi connectivity index (χ3n) is 5.14. The minimum atomic E-state index is -0.588. The van der Waals surface area contributed by atoms with E-state index in [1.807, 2.05) is 24.3 Å². The zero-order chi connectivity index (χ0) is 20.6. The third kappa shape index (κ3) is 7.17. The van der Waals surface area contributed by atoms with Gasteiger partial charge in [-0.05, 0) is 73.6 Å². The van der Waals surface area contributed by atoms with Crippen molar-refractivity contribution < 1.29 is 19.4 Å². The summed E-state index contributed by atoms with van der Waals surface area (Å²) in [6, 6.07) is 13.6. The van der Waals surface area contributed by atoms with Gasteiger partial charge in [-0.1, -0.05) is 29.8 Å². The number of benzene rings is 2. The molecule has 0 fully saturated rings. The fraction of sp³-hybridized carbons (Fsp3) is 0.435. The summed E-state index contributed by atoms with van der Waals surface area (Å²) >= 11 is 6.02. The largest absolute Gasteiger partial charge is 0.482 e. The Hall–Kier alpha value is -1.79. The van der Waals surface area contributed by atoms with Crippen LogP contribution in [0.4, 0.5) is 0 Å². The molecule has 0 aromatic heterocycles. The van der Waals surface area contributed by atoms with E-state index in [1.165, 1.54) is 11.1 Å². The summed E-state index contributed by atoms with van der Waals surface area (Å²) in [4.78, 5) is 11.5. The van der Waals surface area contributed by atoms with Crippen LogP contribution in [0.15, 0.2) is 42.5 Å². The van der Waals surface area contributed by atoms with Gasteiger partial charge in [-0.2, -0.15) is 0 Å². The van der Waals surface area contributed by atoms with Crippen LogP contribution < -0.4 is 10.1 Å². The van der Waals surface area contributed by atoms with E-state index in [0.717, 1.165) is 31.2 Å². The average molecular weight is 454 g/mol. The molecule has 0 saturated carbocycles. The van der Waals surface area contributed by atoms with Crippen molar-refractivity contribution in [2.24, 2.45) is 0 Å². The zero-order valence-electron chi connectivity index (χ0n) is 17.1. The molecule has 2 N–H and O–H groups in total. The van der Waals surface area contributed by atoms with E-state index in [1.54, 1.807) is 19.1 Å². The zero-order valence-corrected chi connectivity index (χ0v) is 18.7. The van der Waals surface area contributed by atoms with Crippen LogP contribution in [0.1, 0.15) is 42.6 Å². The Morgan fingerprint density at radius 1 is 1.27 bits per heavy atom. The Morgan fingerprint density at radius 2 is 2.10 bits per heavy atom. The van der Waals surface area contributed by atoms with Crippen LogP contribution in [0.25, 0.3) is 0 Å². The van der Waals surface area contributed by atoms with Crippen molar-refractivity contribution in [1.82, 2.24) is 5.32 Å². The van der Waals surface area contributed by atoms with E-state index in [0.29, 0.717) is 30.0 Å². The Morgan fingerprint density at radius 3 is 2.87 bits per heavy atom. The van der Waals surface area contributed by atoms with E-state index in [4.69, 9.17) is 21.1 Å². The number of hydrogen-bond acceptors (Lipinski definition) is 5. The average Bonchev–Trinajstić information content (AvgIpc) is 2.92. The van der Waals surface area contributed by atoms with Crippen LogP contribution >= 0.6 is 24.0 Å². The first-order valence-electron chi connectivity index (χ1n) is 10.1. The van der Waals surface area contributed by atoms with Crippen LogP contribution in [0.2, 0.25) is 5.02 Å². The Kier molecular flexibility index (Phi) is 9.92. The molecule has 164 valence electrons.